The first-order chi connectivity index (χ1) is 7.30. The first-order valence-electron chi connectivity index (χ1n) is 4.60. The van der Waals surface area contributed by atoms with Gasteiger partial charge in [-0.2, -0.15) is 8.42 Å². The Morgan fingerprint density at radius 2 is 1.71 bits per heavy atom. The van der Waals surface area contributed by atoms with Gasteiger partial charge < -0.3 is 4.74 Å². The van der Waals surface area contributed by atoms with Crippen LogP contribution in [0.5, 0.6) is 5.75 Å². The van der Waals surface area contributed by atoms with Crippen LogP contribution in [0.1, 0.15) is 13.8 Å². The van der Waals surface area contributed by atoms with Gasteiger partial charge in [-0.05, 0) is 24.3 Å². The fraction of sp³-hybridized carbons (Fsp3) is 0.300. The van der Waals surface area contributed by atoms with Gasteiger partial charge in [-0.3, -0.25) is 9.35 Å². The minimum absolute atomic E-state index is 0. The van der Waals surface area contributed by atoms with Crippen LogP contribution >= 0.6 is 0 Å². The zero-order valence-electron chi connectivity index (χ0n) is 8.88. The van der Waals surface area contributed by atoms with Crippen LogP contribution in [0.2, 0.25) is 0 Å². The number of rotatable bonds is 3. The Kier molecular flexibility index (Phi) is 6.36. The molecule has 0 aliphatic rings. The third kappa shape index (κ3) is 5.18. The number of ether oxygens (including phenoxy) is 1. The molecule has 17 heavy (non-hydrogen) atoms. The van der Waals surface area contributed by atoms with Crippen molar-refractivity contribution in [3.8, 4) is 5.75 Å². The average Bonchev–Trinajstić information content (AvgIpc) is 2.17. The van der Waals surface area contributed by atoms with Crippen molar-refractivity contribution in [2.45, 2.75) is 18.7 Å². The van der Waals surface area contributed by atoms with E-state index in [-0.39, 0.29) is 46.1 Å². The van der Waals surface area contributed by atoms with E-state index in [2.05, 4.69) is 0 Å². The summed E-state index contributed by atoms with van der Waals surface area (Å²) in [6.45, 7) is 3.38. The first-order valence-corrected chi connectivity index (χ1v) is 6.04. The summed E-state index contributed by atoms with van der Waals surface area (Å²) in [7, 11) is -4.20. The fourth-order valence-corrected chi connectivity index (χ4v) is 1.39. The summed E-state index contributed by atoms with van der Waals surface area (Å²) < 4.78 is 35.1. The van der Waals surface area contributed by atoms with E-state index in [4.69, 9.17) is 9.29 Å². The summed E-state index contributed by atoms with van der Waals surface area (Å²) in [6, 6.07) is 4.95. The van der Waals surface area contributed by atoms with Crippen molar-refractivity contribution in [3.05, 3.63) is 24.3 Å². The Bertz CT molecular complexity index is 478. The predicted octanol–water partition coefficient (Wildman–Crippen LogP) is 0.846. The Hall–Kier alpha value is -0.400. The molecule has 0 atom stereocenters. The van der Waals surface area contributed by atoms with E-state index < -0.39 is 16.1 Å². The molecule has 7 heteroatoms. The molecule has 0 spiro atoms. The van der Waals surface area contributed by atoms with Crippen LogP contribution in [-0.2, 0) is 14.9 Å². The second kappa shape index (κ2) is 6.51. The third-order valence-electron chi connectivity index (χ3n) is 1.81. The van der Waals surface area contributed by atoms with E-state index in [1.165, 1.54) is 12.1 Å². The Morgan fingerprint density at radius 1 is 1.24 bits per heavy atom. The van der Waals surface area contributed by atoms with Gasteiger partial charge in [0.25, 0.3) is 10.1 Å². The third-order valence-corrected chi connectivity index (χ3v) is 2.68. The van der Waals surface area contributed by atoms with Gasteiger partial charge in [0.05, 0.1) is 10.8 Å². The maximum absolute atomic E-state index is 11.2. The summed E-state index contributed by atoms with van der Waals surface area (Å²) in [6.07, 6.45) is 0. The van der Waals surface area contributed by atoms with Gasteiger partial charge in [0.2, 0.25) is 0 Å². The van der Waals surface area contributed by atoms with Crippen LogP contribution in [-0.4, -0.2) is 48.5 Å². The molecule has 1 aromatic rings. The van der Waals surface area contributed by atoms with Crippen molar-refractivity contribution in [3.63, 3.8) is 0 Å². The predicted molar refractivity (Wildman–Crippen MR) is 63.9 cm³/mol. The zero-order valence-corrected chi connectivity index (χ0v) is 9.69. The minimum atomic E-state index is -4.20. The average molecular weight is 268 g/mol. The van der Waals surface area contributed by atoms with Crippen molar-refractivity contribution in [2.24, 2.45) is 5.92 Å². The molecule has 0 bridgehead atoms. The molecule has 0 aliphatic heterocycles. The van der Waals surface area contributed by atoms with Crippen molar-refractivity contribution in [1.82, 2.24) is 0 Å². The number of carbonyl (C=O) groups excluding carboxylic acids is 1. The second-order valence-corrected chi connectivity index (χ2v) is 4.94. The summed E-state index contributed by atoms with van der Waals surface area (Å²) in [4.78, 5) is 11.0. The summed E-state index contributed by atoms with van der Waals surface area (Å²) in [5.41, 5.74) is 0. The topological polar surface area (TPSA) is 80.7 Å². The molecule has 1 aromatic carbocycles. The number of benzene rings is 1. The monoisotopic (exact) mass is 268 g/mol. The first kappa shape index (κ1) is 16.6. The van der Waals surface area contributed by atoms with Crippen LogP contribution in [0.3, 0.4) is 0 Å². The molecule has 0 amide bonds. The van der Waals surface area contributed by atoms with Gasteiger partial charge in [-0.25, -0.2) is 0 Å². The molecule has 1 rings (SSSR count). The summed E-state index contributed by atoms with van der Waals surface area (Å²) in [5.74, 6) is -0.424. The van der Waals surface area contributed by atoms with Gasteiger partial charge in [0.1, 0.15) is 5.75 Å². The van der Waals surface area contributed by atoms with Crippen LogP contribution in [0, 0.1) is 5.92 Å². The molecule has 0 unspecified atom stereocenters. The molecule has 0 aromatic heterocycles. The van der Waals surface area contributed by atoms with Crippen molar-refractivity contribution in [1.29, 1.82) is 0 Å². The molecular weight excluding hydrogens is 255 g/mol. The molecular formula is C10H13NaO5S. The molecule has 90 valence electrons. The van der Waals surface area contributed by atoms with Crippen LogP contribution in [0.4, 0.5) is 0 Å². The molecule has 0 heterocycles. The van der Waals surface area contributed by atoms with Crippen LogP contribution < -0.4 is 4.74 Å². The van der Waals surface area contributed by atoms with E-state index >= 15 is 0 Å². The van der Waals surface area contributed by atoms with Crippen molar-refractivity contribution < 1.29 is 22.5 Å². The maximum atomic E-state index is 11.2. The zero-order chi connectivity index (χ0) is 12.3. The van der Waals surface area contributed by atoms with Crippen LogP contribution in [0.15, 0.2) is 29.2 Å². The van der Waals surface area contributed by atoms with Gasteiger partial charge in [0.15, 0.2) is 0 Å². The molecule has 0 saturated heterocycles. The molecule has 0 radical (unpaired) electrons. The summed E-state index contributed by atoms with van der Waals surface area (Å²) in [5, 5.41) is 0. The molecule has 0 saturated carbocycles. The Morgan fingerprint density at radius 3 is 2.06 bits per heavy atom. The van der Waals surface area contributed by atoms with Crippen molar-refractivity contribution >= 4 is 45.6 Å². The van der Waals surface area contributed by atoms with Crippen molar-refractivity contribution in [2.75, 3.05) is 0 Å². The normalized spacial score (nSPS) is 10.8. The molecule has 1 N–H and O–H groups in total. The van der Waals surface area contributed by atoms with Gasteiger partial charge in [-0.1, -0.05) is 13.8 Å². The van der Waals surface area contributed by atoms with Crippen LogP contribution in [0.25, 0.3) is 0 Å². The quantitative estimate of drug-likeness (QED) is 0.380. The fourth-order valence-electron chi connectivity index (χ4n) is 0.914. The Balaban J connectivity index is 0.00000256. The van der Waals surface area contributed by atoms with E-state index in [0.717, 1.165) is 12.1 Å². The van der Waals surface area contributed by atoms with Gasteiger partial charge in [-0.15, -0.1) is 0 Å². The molecule has 0 aliphatic carbocycles. The molecule has 0 fully saturated rings. The number of esters is 1. The van der Waals surface area contributed by atoms with Gasteiger partial charge >= 0.3 is 35.5 Å². The summed E-state index contributed by atoms with van der Waals surface area (Å²) >= 11 is 0. The van der Waals surface area contributed by atoms with Gasteiger partial charge in [0, 0.05) is 0 Å². The molecule has 5 nitrogen and oxygen atoms in total. The van der Waals surface area contributed by atoms with E-state index in [1.54, 1.807) is 13.8 Å². The SMILES string of the molecule is CC(C)C(=O)Oc1ccc(S(=O)(=O)O)cc1.[NaH]. The van der Waals surface area contributed by atoms with E-state index in [0.29, 0.717) is 0 Å². The number of hydrogen-bond donors (Lipinski definition) is 1. The number of hydrogen-bond acceptors (Lipinski definition) is 4. The Labute approximate surface area is 122 Å². The standard InChI is InChI=1S/C10H12O5S.Na.H/c1-7(2)10(11)15-8-3-5-9(6-4-8)16(12,13)14;;/h3-7H,1-2H3,(H,12,13,14);;. The van der Waals surface area contributed by atoms with E-state index in [9.17, 15) is 13.2 Å². The van der Waals surface area contributed by atoms with E-state index in [1.807, 2.05) is 0 Å². The number of carbonyl (C=O) groups is 1. The second-order valence-electron chi connectivity index (χ2n) is 3.52.